The molecule has 27 heavy (non-hydrogen) atoms. The van der Waals surface area contributed by atoms with Crippen LogP contribution in [0, 0.1) is 0 Å². The van der Waals surface area contributed by atoms with Gasteiger partial charge < -0.3 is 9.47 Å². The molecule has 1 N–H and O–H groups in total. The summed E-state index contributed by atoms with van der Waals surface area (Å²) in [6.45, 7) is 0.107. The number of amides is 1. The highest BCUT2D eigenvalue weighted by Gasteiger charge is 2.15. The van der Waals surface area contributed by atoms with Crippen molar-refractivity contribution < 1.29 is 19.1 Å². The molecule has 1 amide bonds. The second kappa shape index (κ2) is 8.67. The molecule has 5 heteroatoms. The van der Waals surface area contributed by atoms with E-state index >= 15 is 0 Å². The van der Waals surface area contributed by atoms with E-state index in [1.807, 2.05) is 72.8 Å². The third-order valence-corrected chi connectivity index (χ3v) is 3.98. The van der Waals surface area contributed by atoms with Gasteiger partial charge in [0.1, 0.15) is 12.3 Å². The van der Waals surface area contributed by atoms with E-state index in [9.17, 15) is 9.59 Å². The Morgan fingerprint density at radius 3 is 2.41 bits per heavy atom. The van der Waals surface area contributed by atoms with Crippen LogP contribution in [0.25, 0.3) is 16.8 Å². The predicted molar refractivity (Wildman–Crippen MR) is 104 cm³/mol. The average Bonchev–Trinajstić information content (AvgIpc) is 2.72. The molecule has 3 aromatic carbocycles. The fraction of sp³-hybridized carbons (Fsp3) is 0.0909. The second-order valence-corrected chi connectivity index (χ2v) is 5.80. The van der Waals surface area contributed by atoms with Crippen LogP contribution in [0.2, 0.25) is 0 Å². The van der Waals surface area contributed by atoms with E-state index in [1.54, 1.807) is 6.08 Å². The predicted octanol–water partition coefficient (Wildman–Crippen LogP) is 4.28. The van der Waals surface area contributed by atoms with E-state index in [2.05, 4.69) is 5.32 Å². The number of esters is 1. The smallest absolute Gasteiger partial charge is 0.412 e. The molecule has 0 aliphatic carbocycles. The number of carbonyl (C=O) groups is 2. The van der Waals surface area contributed by atoms with Crippen molar-refractivity contribution in [2.45, 2.75) is 6.61 Å². The standard InChI is InChI=1S/C22H19NO4/c1-26-21(24)20(23-22(25)27-15-16-8-3-2-4-9-16)14-18-12-7-11-17-10-5-6-13-19(17)18/h2-14H,15H2,1H3,(H,23,25)/b20-14-. The number of methoxy groups -OCH3 is 1. The fourth-order valence-corrected chi connectivity index (χ4v) is 2.66. The Morgan fingerprint density at radius 1 is 0.926 bits per heavy atom. The molecular weight excluding hydrogens is 342 g/mol. The third-order valence-electron chi connectivity index (χ3n) is 3.98. The van der Waals surface area contributed by atoms with Crippen molar-refractivity contribution in [2.24, 2.45) is 0 Å². The van der Waals surface area contributed by atoms with E-state index in [4.69, 9.17) is 9.47 Å². The number of hydrogen-bond donors (Lipinski definition) is 1. The summed E-state index contributed by atoms with van der Waals surface area (Å²) < 4.78 is 9.96. The Balaban J connectivity index is 1.80. The summed E-state index contributed by atoms with van der Waals surface area (Å²) in [5.41, 5.74) is 1.65. The Labute approximate surface area is 157 Å². The number of rotatable bonds is 5. The van der Waals surface area contributed by atoms with E-state index in [0.717, 1.165) is 21.9 Å². The van der Waals surface area contributed by atoms with E-state index < -0.39 is 12.1 Å². The number of nitrogens with one attached hydrogen (secondary N) is 1. The molecule has 0 aliphatic rings. The molecule has 0 atom stereocenters. The SMILES string of the molecule is COC(=O)/C(=C/c1cccc2ccccc12)NC(=O)OCc1ccccc1. The van der Waals surface area contributed by atoms with Crippen LogP contribution in [0.1, 0.15) is 11.1 Å². The summed E-state index contributed by atoms with van der Waals surface area (Å²) in [4.78, 5) is 24.2. The normalized spacial score (nSPS) is 11.1. The van der Waals surface area contributed by atoms with Gasteiger partial charge in [0, 0.05) is 0 Å². The molecule has 0 unspecified atom stereocenters. The first-order chi connectivity index (χ1) is 13.2. The van der Waals surface area contributed by atoms with Crippen molar-refractivity contribution in [3.8, 4) is 0 Å². The number of fused-ring (bicyclic) bond motifs is 1. The molecule has 0 saturated carbocycles. The lowest BCUT2D eigenvalue weighted by molar-refractivity contribution is -0.136. The molecule has 0 fully saturated rings. The zero-order chi connectivity index (χ0) is 19.1. The Bertz CT molecular complexity index is 975. The first-order valence-electron chi connectivity index (χ1n) is 8.43. The van der Waals surface area contributed by atoms with Crippen LogP contribution in [0.4, 0.5) is 4.79 Å². The summed E-state index contributed by atoms with van der Waals surface area (Å²) in [7, 11) is 1.26. The molecule has 0 radical (unpaired) electrons. The Hall–Kier alpha value is -3.60. The second-order valence-electron chi connectivity index (χ2n) is 5.80. The first kappa shape index (κ1) is 18.2. The summed E-state index contributed by atoms with van der Waals surface area (Å²) in [6, 6.07) is 22.8. The van der Waals surface area contributed by atoms with Gasteiger partial charge in [-0.25, -0.2) is 9.59 Å². The van der Waals surface area contributed by atoms with Crippen LogP contribution in [-0.4, -0.2) is 19.2 Å². The van der Waals surface area contributed by atoms with Crippen molar-refractivity contribution in [1.29, 1.82) is 0 Å². The molecular formula is C22H19NO4. The molecule has 0 aromatic heterocycles. The number of carbonyl (C=O) groups excluding carboxylic acids is 2. The number of alkyl carbamates (subject to hydrolysis) is 1. The van der Waals surface area contributed by atoms with Crippen LogP contribution >= 0.6 is 0 Å². The Kier molecular flexibility index (Phi) is 5.84. The molecule has 3 rings (SSSR count). The lowest BCUT2D eigenvalue weighted by Gasteiger charge is -2.10. The van der Waals surface area contributed by atoms with Gasteiger partial charge in [0.25, 0.3) is 0 Å². The number of ether oxygens (including phenoxy) is 2. The minimum absolute atomic E-state index is 0.00640. The molecule has 5 nitrogen and oxygen atoms in total. The van der Waals surface area contributed by atoms with Gasteiger partial charge in [-0.05, 0) is 28.0 Å². The third kappa shape index (κ3) is 4.73. The van der Waals surface area contributed by atoms with E-state index in [-0.39, 0.29) is 12.3 Å². The maximum Gasteiger partial charge on any atom is 0.412 e. The molecule has 0 heterocycles. The fourth-order valence-electron chi connectivity index (χ4n) is 2.66. The summed E-state index contributed by atoms with van der Waals surface area (Å²) in [5, 5.41) is 4.47. The van der Waals surface area contributed by atoms with Gasteiger partial charge in [0.2, 0.25) is 0 Å². The monoisotopic (exact) mass is 361 g/mol. The topological polar surface area (TPSA) is 64.6 Å². The average molecular weight is 361 g/mol. The van der Waals surface area contributed by atoms with Crippen molar-refractivity contribution in [2.75, 3.05) is 7.11 Å². The van der Waals surface area contributed by atoms with Crippen molar-refractivity contribution in [1.82, 2.24) is 5.32 Å². The minimum Gasteiger partial charge on any atom is -0.464 e. The highest BCUT2D eigenvalue weighted by molar-refractivity contribution is 6.00. The van der Waals surface area contributed by atoms with Crippen LogP contribution in [0.5, 0.6) is 0 Å². The van der Waals surface area contributed by atoms with Crippen LogP contribution in [0.3, 0.4) is 0 Å². The zero-order valence-electron chi connectivity index (χ0n) is 14.8. The number of hydrogen-bond acceptors (Lipinski definition) is 4. The molecule has 0 saturated heterocycles. The molecule has 136 valence electrons. The maximum absolute atomic E-state index is 12.1. The summed E-state index contributed by atoms with van der Waals surface area (Å²) in [5.74, 6) is -0.653. The molecule has 3 aromatic rings. The molecule has 0 aliphatic heterocycles. The quantitative estimate of drug-likeness (QED) is 0.544. The number of benzene rings is 3. The van der Waals surface area contributed by atoms with Crippen molar-refractivity contribution in [3.63, 3.8) is 0 Å². The van der Waals surface area contributed by atoms with Gasteiger partial charge in [-0.2, -0.15) is 0 Å². The minimum atomic E-state index is -0.726. The molecule has 0 bridgehead atoms. The van der Waals surface area contributed by atoms with Gasteiger partial charge in [0.15, 0.2) is 0 Å². The first-order valence-corrected chi connectivity index (χ1v) is 8.43. The van der Waals surface area contributed by atoms with Gasteiger partial charge in [-0.15, -0.1) is 0 Å². The van der Waals surface area contributed by atoms with Crippen molar-refractivity contribution >= 4 is 28.9 Å². The van der Waals surface area contributed by atoms with Crippen LogP contribution < -0.4 is 5.32 Å². The summed E-state index contributed by atoms with van der Waals surface area (Å²) in [6.07, 6.45) is 0.855. The van der Waals surface area contributed by atoms with Crippen LogP contribution in [0.15, 0.2) is 78.5 Å². The Morgan fingerprint density at radius 2 is 1.63 bits per heavy atom. The van der Waals surface area contributed by atoms with Crippen LogP contribution in [-0.2, 0) is 20.9 Å². The molecule has 0 spiro atoms. The van der Waals surface area contributed by atoms with Gasteiger partial charge >= 0.3 is 12.1 Å². The largest absolute Gasteiger partial charge is 0.464 e. The van der Waals surface area contributed by atoms with Gasteiger partial charge in [0.05, 0.1) is 7.11 Å². The lowest BCUT2D eigenvalue weighted by atomic mass is 10.0. The summed E-state index contributed by atoms with van der Waals surface area (Å²) >= 11 is 0. The van der Waals surface area contributed by atoms with Crippen molar-refractivity contribution in [3.05, 3.63) is 89.6 Å². The van der Waals surface area contributed by atoms with E-state index in [0.29, 0.717) is 0 Å². The highest BCUT2D eigenvalue weighted by Crippen LogP contribution is 2.20. The zero-order valence-corrected chi connectivity index (χ0v) is 14.8. The maximum atomic E-state index is 12.1. The van der Waals surface area contributed by atoms with Gasteiger partial charge in [-0.3, -0.25) is 5.32 Å². The van der Waals surface area contributed by atoms with E-state index in [1.165, 1.54) is 7.11 Å². The lowest BCUT2D eigenvalue weighted by Crippen LogP contribution is -2.28. The highest BCUT2D eigenvalue weighted by atomic mass is 16.6. The van der Waals surface area contributed by atoms with Gasteiger partial charge in [-0.1, -0.05) is 72.8 Å².